The van der Waals surface area contributed by atoms with Crippen LogP contribution in [0.4, 0.5) is 14.9 Å². The number of hydrogen-bond acceptors (Lipinski definition) is 6. The van der Waals surface area contributed by atoms with Gasteiger partial charge in [0.25, 0.3) is 5.91 Å². The first-order valence-electron chi connectivity index (χ1n) is 12.0. The molecule has 0 spiro atoms. The maximum absolute atomic E-state index is 14.8. The Bertz CT molecular complexity index is 1330. The summed E-state index contributed by atoms with van der Waals surface area (Å²) < 4.78 is 37.1. The molecule has 8 nitrogen and oxygen atoms in total. The Hall–Kier alpha value is -4.27. The van der Waals surface area contributed by atoms with Gasteiger partial charge in [-0.25, -0.2) is 9.18 Å². The third-order valence-corrected chi connectivity index (χ3v) is 6.18. The fourth-order valence-corrected chi connectivity index (χ4v) is 4.65. The summed E-state index contributed by atoms with van der Waals surface area (Å²) >= 11 is 0. The highest BCUT2D eigenvalue weighted by Crippen LogP contribution is 2.52. The second-order valence-corrected chi connectivity index (χ2v) is 9.82. The quantitative estimate of drug-likeness (QED) is 0.461. The molecule has 0 aromatic heterocycles. The van der Waals surface area contributed by atoms with E-state index in [4.69, 9.17) is 18.9 Å². The number of alkyl carbamates (subject to hydrolysis) is 1. The van der Waals surface area contributed by atoms with Crippen molar-refractivity contribution in [3.63, 3.8) is 0 Å². The number of methoxy groups -OCH3 is 3. The van der Waals surface area contributed by atoms with Crippen LogP contribution in [0.15, 0.2) is 60.7 Å². The van der Waals surface area contributed by atoms with E-state index in [-0.39, 0.29) is 29.2 Å². The molecule has 1 heterocycles. The summed E-state index contributed by atoms with van der Waals surface area (Å²) in [4.78, 5) is 29.4. The van der Waals surface area contributed by atoms with Crippen molar-refractivity contribution in [1.82, 2.24) is 5.32 Å². The van der Waals surface area contributed by atoms with Gasteiger partial charge in [0.05, 0.1) is 39.1 Å². The minimum absolute atomic E-state index is 0.177. The van der Waals surface area contributed by atoms with Crippen molar-refractivity contribution < 1.29 is 32.9 Å². The molecule has 4 rings (SSSR count). The summed E-state index contributed by atoms with van der Waals surface area (Å²) in [5.41, 5.74) is -1.14. The summed E-state index contributed by atoms with van der Waals surface area (Å²) in [5.74, 6) is -0.319. The molecule has 1 aliphatic rings. The lowest BCUT2D eigenvalue weighted by Gasteiger charge is -2.34. The second kappa shape index (κ2) is 10.2. The molecule has 3 aromatic rings. The number of amides is 2. The number of rotatable bonds is 7. The molecule has 3 aromatic carbocycles. The van der Waals surface area contributed by atoms with Crippen molar-refractivity contribution in [2.45, 2.75) is 38.5 Å². The number of hydrogen-bond donors (Lipinski definition) is 1. The van der Waals surface area contributed by atoms with Crippen LogP contribution in [0, 0.1) is 5.82 Å². The lowest BCUT2D eigenvalue weighted by Crippen LogP contribution is -2.55. The smallest absolute Gasteiger partial charge is 0.409 e. The van der Waals surface area contributed by atoms with Gasteiger partial charge in [-0.3, -0.25) is 10.1 Å². The molecule has 200 valence electrons. The van der Waals surface area contributed by atoms with Crippen LogP contribution in [0.5, 0.6) is 17.2 Å². The van der Waals surface area contributed by atoms with Gasteiger partial charge in [-0.15, -0.1) is 0 Å². The molecule has 0 bridgehead atoms. The third-order valence-electron chi connectivity index (χ3n) is 6.18. The van der Waals surface area contributed by atoms with Crippen LogP contribution in [0.25, 0.3) is 0 Å². The molecule has 0 fully saturated rings. The van der Waals surface area contributed by atoms with Gasteiger partial charge >= 0.3 is 6.09 Å². The molecule has 2 amide bonds. The molecular formula is C29H31FN2O6. The lowest BCUT2D eigenvalue weighted by molar-refractivity contribution is -0.123. The highest BCUT2D eigenvalue weighted by atomic mass is 19.1. The van der Waals surface area contributed by atoms with E-state index in [0.717, 1.165) is 5.56 Å². The number of nitrogens with zero attached hydrogens (tertiary/aromatic N) is 1. The summed E-state index contributed by atoms with van der Waals surface area (Å²) in [6.45, 7) is 5.30. The van der Waals surface area contributed by atoms with Crippen LogP contribution in [-0.2, 0) is 21.6 Å². The van der Waals surface area contributed by atoms with E-state index in [1.165, 1.54) is 44.4 Å². The fraction of sp³-hybridized carbons (Fsp3) is 0.310. The first-order valence-corrected chi connectivity index (χ1v) is 12.0. The van der Waals surface area contributed by atoms with Crippen molar-refractivity contribution >= 4 is 17.7 Å². The normalized spacial score (nSPS) is 16.6. The molecule has 38 heavy (non-hydrogen) atoms. The Balaban J connectivity index is 2.03. The van der Waals surface area contributed by atoms with Crippen LogP contribution in [-0.4, -0.2) is 38.9 Å². The van der Waals surface area contributed by atoms with Gasteiger partial charge in [0, 0.05) is 17.7 Å². The van der Waals surface area contributed by atoms with Crippen molar-refractivity contribution in [1.29, 1.82) is 0 Å². The van der Waals surface area contributed by atoms with Crippen LogP contribution in [0.3, 0.4) is 0 Å². The van der Waals surface area contributed by atoms with Gasteiger partial charge in [-0.05, 0) is 44.5 Å². The molecule has 0 saturated carbocycles. The van der Waals surface area contributed by atoms with Crippen LogP contribution < -0.4 is 24.4 Å². The highest BCUT2D eigenvalue weighted by Gasteiger charge is 2.57. The van der Waals surface area contributed by atoms with E-state index in [9.17, 15) is 14.0 Å². The Morgan fingerprint density at radius 2 is 1.58 bits per heavy atom. The number of fused-ring (bicyclic) bond motifs is 1. The van der Waals surface area contributed by atoms with E-state index in [1.54, 1.807) is 32.9 Å². The van der Waals surface area contributed by atoms with Crippen molar-refractivity contribution in [3.05, 3.63) is 83.2 Å². The zero-order valence-corrected chi connectivity index (χ0v) is 22.3. The Morgan fingerprint density at radius 3 is 2.13 bits per heavy atom. The summed E-state index contributed by atoms with van der Waals surface area (Å²) in [6, 6.07) is 16.5. The molecule has 0 saturated heterocycles. The number of halogens is 1. The SMILES string of the molecule is COc1cc(OC)c([C@@]2(NC(=O)OC(C)(C)C)C(=O)N(Cc3ccccc3)c3ccc(F)cc32)c(OC)c1. The molecule has 0 radical (unpaired) electrons. The zero-order valence-electron chi connectivity index (χ0n) is 22.3. The predicted octanol–water partition coefficient (Wildman–Crippen LogP) is 5.17. The molecule has 1 aliphatic heterocycles. The van der Waals surface area contributed by atoms with Crippen LogP contribution >= 0.6 is 0 Å². The fourth-order valence-electron chi connectivity index (χ4n) is 4.65. The van der Waals surface area contributed by atoms with E-state index in [0.29, 0.717) is 11.4 Å². The molecule has 9 heteroatoms. The third kappa shape index (κ3) is 4.83. The van der Waals surface area contributed by atoms with E-state index >= 15 is 0 Å². The highest BCUT2D eigenvalue weighted by molar-refractivity contribution is 6.12. The Labute approximate surface area is 221 Å². The Morgan fingerprint density at radius 1 is 0.947 bits per heavy atom. The number of anilines is 1. The minimum atomic E-state index is -1.95. The summed E-state index contributed by atoms with van der Waals surface area (Å²) in [7, 11) is 4.33. The van der Waals surface area contributed by atoms with Gasteiger partial charge in [0.2, 0.25) is 0 Å². The number of carbonyl (C=O) groups is 2. The minimum Gasteiger partial charge on any atom is -0.496 e. The first kappa shape index (κ1) is 26.8. The topological polar surface area (TPSA) is 86.3 Å². The zero-order chi connectivity index (χ0) is 27.7. The van der Waals surface area contributed by atoms with Crippen molar-refractivity contribution in [3.8, 4) is 17.2 Å². The summed E-state index contributed by atoms with van der Waals surface area (Å²) in [6.07, 6.45) is -0.873. The summed E-state index contributed by atoms with van der Waals surface area (Å²) in [5, 5.41) is 2.78. The standard InChI is InChI=1S/C29H31FN2O6/c1-28(2,3)38-27(34)31-29(25-23(36-5)15-20(35-4)16-24(25)37-6)21-14-19(30)12-13-22(21)32(26(29)33)17-18-10-8-7-9-11-18/h7-16H,17H2,1-6H3,(H,31,34)/t29-/m1/s1. The van der Waals surface area contributed by atoms with Crippen molar-refractivity contribution in [2.75, 3.05) is 26.2 Å². The molecule has 1 atom stereocenters. The second-order valence-electron chi connectivity index (χ2n) is 9.82. The first-order chi connectivity index (χ1) is 18.0. The van der Waals surface area contributed by atoms with Gasteiger partial charge in [0.1, 0.15) is 28.7 Å². The number of nitrogens with one attached hydrogen (secondary N) is 1. The monoisotopic (exact) mass is 522 g/mol. The average molecular weight is 523 g/mol. The molecule has 0 aliphatic carbocycles. The maximum Gasteiger partial charge on any atom is 0.409 e. The van der Waals surface area contributed by atoms with Gasteiger partial charge < -0.3 is 23.8 Å². The van der Waals surface area contributed by atoms with Gasteiger partial charge in [-0.1, -0.05) is 30.3 Å². The number of carbonyl (C=O) groups excluding carboxylic acids is 2. The maximum atomic E-state index is 14.8. The molecule has 1 N–H and O–H groups in total. The van der Waals surface area contributed by atoms with E-state index < -0.39 is 29.0 Å². The predicted molar refractivity (Wildman–Crippen MR) is 140 cm³/mol. The average Bonchev–Trinajstić information content (AvgIpc) is 3.09. The number of benzene rings is 3. The van der Waals surface area contributed by atoms with Gasteiger partial charge in [-0.2, -0.15) is 0 Å². The molecular weight excluding hydrogens is 491 g/mol. The van der Waals surface area contributed by atoms with Crippen LogP contribution in [0.2, 0.25) is 0 Å². The van der Waals surface area contributed by atoms with E-state index in [2.05, 4.69) is 5.32 Å². The largest absolute Gasteiger partial charge is 0.496 e. The van der Waals surface area contributed by atoms with Gasteiger partial charge in [0.15, 0.2) is 5.54 Å². The van der Waals surface area contributed by atoms with Crippen molar-refractivity contribution in [2.24, 2.45) is 0 Å². The number of ether oxygens (including phenoxy) is 4. The Kier molecular flexibility index (Phi) is 7.22. The van der Waals surface area contributed by atoms with E-state index in [1.807, 2.05) is 30.3 Å². The lowest BCUT2D eigenvalue weighted by atomic mass is 9.82. The molecule has 0 unspecified atom stereocenters. The van der Waals surface area contributed by atoms with Crippen LogP contribution in [0.1, 0.15) is 37.5 Å².